The van der Waals surface area contributed by atoms with Gasteiger partial charge in [-0.15, -0.1) is 0 Å². The Bertz CT molecular complexity index is 1240. The molecule has 7 heteroatoms. The van der Waals surface area contributed by atoms with Gasteiger partial charge in [0.1, 0.15) is 11.8 Å². The molecule has 38 heavy (non-hydrogen) atoms. The topological polar surface area (TPSA) is 58.6 Å². The van der Waals surface area contributed by atoms with Crippen LogP contribution in [0.15, 0.2) is 72.8 Å². The summed E-state index contributed by atoms with van der Waals surface area (Å²) < 4.78 is 6.08. The van der Waals surface area contributed by atoms with E-state index in [0.29, 0.717) is 22.2 Å². The van der Waals surface area contributed by atoms with Crippen LogP contribution in [0.5, 0.6) is 5.75 Å². The number of nitrogens with one attached hydrogen (secondary N) is 1. The maximum absolute atomic E-state index is 13.8. The Labute approximate surface area is 236 Å². The van der Waals surface area contributed by atoms with Gasteiger partial charge in [-0.25, -0.2) is 0 Å². The molecule has 1 unspecified atom stereocenters. The summed E-state index contributed by atoms with van der Waals surface area (Å²) in [6.45, 7) is 10.0. The maximum Gasteiger partial charge on any atom is 0.261 e. The van der Waals surface area contributed by atoms with E-state index in [4.69, 9.17) is 27.9 Å². The summed E-state index contributed by atoms with van der Waals surface area (Å²) in [5.74, 6) is 0.112. The second-order valence-electron chi connectivity index (χ2n) is 10.7. The summed E-state index contributed by atoms with van der Waals surface area (Å²) in [5.41, 5.74) is 2.55. The first-order valence-electron chi connectivity index (χ1n) is 12.8. The Morgan fingerprint density at radius 1 is 0.895 bits per heavy atom. The molecule has 3 aromatic carbocycles. The van der Waals surface area contributed by atoms with Crippen molar-refractivity contribution in [1.82, 2.24) is 10.2 Å². The van der Waals surface area contributed by atoms with E-state index in [0.717, 1.165) is 16.7 Å². The molecule has 3 aromatic rings. The highest BCUT2D eigenvalue weighted by atomic mass is 35.5. The molecule has 0 radical (unpaired) electrons. The van der Waals surface area contributed by atoms with Crippen LogP contribution < -0.4 is 10.1 Å². The molecule has 1 atom stereocenters. The molecule has 0 bridgehead atoms. The van der Waals surface area contributed by atoms with Gasteiger partial charge in [0, 0.05) is 19.0 Å². The van der Waals surface area contributed by atoms with Gasteiger partial charge >= 0.3 is 0 Å². The Kier molecular flexibility index (Phi) is 10.2. The van der Waals surface area contributed by atoms with Gasteiger partial charge in [0.2, 0.25) is 5.91 Å². The molecule has 0 spiro atoms. The predicted octanol–water partition coefficient (Wildman–Crippen LogP) is 6.83. The van der Waals surface area contributed by atoms with E-state index >= 15 is 0 Å². The minimum absolute atomic E-state index is 0.0855. The van der Waals surface area contributed by atoms with Crippen molar-refractivity contribution in [2.75, 3.05) is 6.61 Å². The normalized spacial score (nSPS) is 12.2. The Morgan fingerprint density at radius 2 is 1.55 bits per heavy atom. The van der Waals surface area contributed by atoms with E-state index in [1.54, 1.807) is 17.0 Å². The van der Waals surface area contributed by atoms with Crippen molar-refractivity contribution in [3.63, 3.8) is 0 Å². The van der Waals surface area contributed by atoms with Gasteiger partial charge in [-0.3, -0.25) is 9.59 Å². The van der Waals surface area contributed by atoms with Crippen LogP contribution >= 0.6 is 23.2 Å². The molecule has 5 nitrogen and oxygen atoms in total. The second kappa shape index (κ2) is 13.2. The molecule has 0 aliphatic carbocycles. The lowest BCUT2D eigenvalue weighted by atomic mass is 9.86. The number of hydrogen-bond acceptors (Lipinski definition) is 3. The molecule has 2 amide bonds. The quantitative estimate of drug-likeness (QED) is 0.298. The third-order valence-corrected chi connectivity index (χ3v) is 6.82. The molecule has 0 heterocycles. The van der Waals surface area contributed by atoms with Gasteiger partial charge in [-0.1, -0.05) is 98.6 Å². The standard InChI is InChI=1S/C31H36Cl2N2O3/c1-21(2)34-30(37)27(18-22-11-7-6-8-12-22)35(19-23-15-16-25(32)26(33)17-23)29(36)20-38-28-14-10-9-13-24(28)31(3,4)5/h6-17,21,27H,18-20H2,1-5H3,(H,34,37). The summed E-state index contributed by atoms with van der Waals surface area (Å²) in [6.07, 6.45) is 0.352. The number of carbonyl (C=O) groups excluding carboxylic acids is 2. The fraction of sp³-hybridized carbons (Fsp3) is 0.355. The first-order chi connectivity index (χ1) is 18.0. The van der Waals surface area contributed by atoms with Gasteiger partial charge in [-0.05, 0) is 54.2 Å². The van der Waals surface area contributed by atoms with E-state index < -0.39 is 6.04 Å². The van der Waals surface area contributed by atoms with Crippen molar-refractivity contribution in [3.8, 4) is 5.75 Å². The van der Waals surface area contributed by atoms with Crippen LogP contribution in [0.4, 0.5) is 0 Å². The molecule has 3 rings (SSSR count). The largest absolute Gasteiger partial charge is 0.483 e. The Hall–Kier alpha value is -3.02. The summed E-state index contributed by atoms with van der Waals surface area (Å²) >= 11 is 12.4. The minimum atomic E-state index is -0.761. The van der Waals surface area contributed by atoms with E-state index in [1.807, 2.05) is 74.5 Å². The number of amides is 2. The Balaban J connectivity index is 1.96. The highest BCUT2D eigenvalue weighted by Gasteiger charge is 2.31. The third-order valence-electron chi connectivity index (χ3n) is 6.09. The zero-order chi connectivity index (χ0) is 27.9. The van der Waals surface area contributed by atoms with Crippen molar-refractivity contribution < 1.29 is 14.3 Å². The molecule has 1 N–H and O–H groups in total. The molecule has 0 saturated heterocycles. The van der Waals surface area contributed by atoms with Crippen LogP contribution in [0, 0.1) is 0 Å². The van der Waals surface area contributed by atoms with Crippen molar-refractivity contribution >= 4 is 35.0 Å². The predicted molar refractivity (Wildman–Crippen MR) is 155 cm³/mol. The molecular formula is C31H36Cl2N2O3. The van der Waals surface area contributed by atoms with Crippen molar-refractivity contribution in [2.45, 2.75) is 65.1 Å². The van der Waals surface area contributed by atoms with Crippen molar-refractivity contribution in [1.29, 1.82) is 0 Å². The SMILES string of the molecule is CC(C)NC(=O)C(Cc1ccccc1)N(Cc1ccc(Cl)c(Cl)c1)C(=O)COc1ccccc1C(C)(C)C. The lowest BCUT2D eigenvalue weighted by molar-refractivity contribution is -0.143. The second-order valence-corrected chi connectivity index (χ2v) is 11.5. The van der Waals surface area contributed by atoms with Gasteiger partial charge < -0.3 is 15.0 Å². The van der Waals surface area contributed by atoms with Crippen LogP contribution in [0.25, 0.3) is 0 Å². The molecule has 0 saturated carbocycles. The fourth-order valence-electron chi connectivity index (χ4n) is 4.20. The number of para-hydroxylation sites is 1. The summed E-state index contributed by atoms with van der Waals surface area (Å²) in [4.78, 5) is 28.9. The zero-order valence-corrected chi connectivity index (χ0v) is 24.1. The molecular weight excluding hydrogens is 519 g/mol. The van der Waals surface area contributed by atoms with Crippen LogP contribution in [0.3, 0.4) is 0 Å². The number of halogens is 2. The summed E-state index contributed by atoms with van der Waals surface area (Å²) in [5, 5.41) is 3.80. The van der Waals surface area contributed by atoms with E-state index in [1.165, 1.54) is 0 Å². The zero-order valence-electron chi connectivity index (χ0n) is 22.6. The number of nitrogens with zero attached hydrogens (tertiary/aromatic N) is 1. The average Bonchev–Trinajstić information content (AvgIpc) is 2.86. The van der Waals surface area contributed by atoms with Gasteiger partial charge in [0.15, 0.2) is 6.61 Å². The van der Waals surface area contributed by atoms with Gasteiger partial charge in [-0.2, -0.15) is 0 Å². The third kappa shape index (κ3) is 8.24. The lowest BCUT2D eigenvalue weighted by Gasteiger charge is -2.32. The number of ether oxygens (including phenoxy) is 1. The van der Waals surface area contributed by atoms with E-state index in [2.05, 4.69) is 26.1 Å². The molecule has 202 valence electrons. The van der Waals surface area contributed by atoms with Crippen molar-refractivity contribution in [2.24, 2.45) is 0 Å². The fourth-order valence-corrected chi connectivity index (χ4v) is 4.52. The first kappa shape index (κ1) is 29.5. The summed E-state index contributed by atoms with van der Waals surface area (Å²) in [7, 11) is 0. The minimum Gasteiger partial charge on any atom is -0.483 e. The number of carbonyl (C=O) groups is 2. The molecule has 0 aliphatic heterocycles. The van der Waals surface area contributed by atoms with E-state index in [-0.39, 0.29) is 36.4 Å². The van der Waals surface area contributed by atoms with Crippen molar-refractivity contribution in [3.05, 3.63) is 99.5 Å². The molecule has 0 aliphatic rings. The number of rotatable bonds is 10. The molecule has 0 fully saturated rings. The van der Waals surface area contributed by atoms with Crippen LogP contribution in [-0.2, 0) is 28.0 Å². The number of hydrogen-bond donors (Lipinski definition) is 1. The average molecular weight is 556 g/mol. The maximum atomic E-state index is 13.8. The molecule has 0 aromatic heterocycles. The highest BCUT2D eigenvalue weighted by molar-refractivity contribution is 6.42. The van der Waals surface area contributed by atoms with Gasteiger partial charge in [0.25, 0.3) is 5.91 Å². The van der Waals surface area contributed by atoms with Crippen LogP contribution in [0.1, 0.15) is 51.3 Å². The first-order valence-corrected chi connectivity index (χ1v) is 13.5. The van der Waals surface area contributed by atoms with Crippen LogP contribution in [-0.4, -0.2) is 35.4 Å². The van der Waals surface area contributed by atoms with Crippen LogP contribution in [0.2, 0.25) is 10.0 Å². The highest BCUT2D eigenvalue weighted by Crippen LogP contribution is 2.31. The smallest absolute Gasteiger partial charge is 0.261 e. The lowest BCUT2D eigenvalue weighted by Crippen LogP contribution is -2.52. The Morgan fingerprint density at radius 3 is 2.18 bits per heavy atom. The monoisotopic (exact) mass is 554 g/mol. The van der Waals surface area contributed by atoms with Gasteiger partial charge in [0.05, 0.1) is 10.0 Å². The summed E-state index contributed by atoms with van der Waals surface area (Å²) in [6, 6.07) is 21.8. The number of benzene rings is 3. The van der Waals surface area contributed by atoms with E-state index in [9.17, 15) is 9.59 Å².